The number of aromatic nitrogens is 2. The summed E-state index contributed by atoms with van der Waals surface area (Å²) in [7, 11) is 0. The normalized spacial score (nSPS) is 16.5. The Balaban J connectivity index is 1.78. The molecule has 5 heteroatoms. The van der Waals surface area contributed by atoms with Crippen LogP contribution in [-0.2, 0) is 6.42 Å². The van der Waals surface area contributed by atoms with E-state index < -0.39 is 0 Å². The number of benzene rings is 1. The molecular formula is C18H22N4O. The lowest BCUT2D eigenvalue weighted by molar-refractivity contribution is 0.0976. The number of fused-ring (bicyclic) bond motifs is 1. The third kappa shape index (κ3) is 3.18. The van der Waals surface area contributed by atoms with E-state index in [0.29, 0.717) is 17.4 Å². The summed E-state index contributed by atoms with van der Waals surface area (Å²) in [5.74, 6) is 1.13. The lowest BCUT2D eigenvalue weighted by Crippen LogP contribution is -2.36. The van der Waals surface area contributed by atoms with E-state index in [4.69, 9.17) is 0 Å². The lowest BCUT2D eigenvalue weighted by Gasteiger charge is -2.22. The molecule has 120 valence electrons. The van der Waals surface area contributed by atoms with Crippen molar-refractivity contribution in [2.75, 3.05) is 16.8 Å². The minimum Gasteiger partial charge on any atom is -0.369 e. The molecule has 1 amide bonds. The van der Waals surface area contributed by atoms with Crippen molar-refractivity contribution >= 4 is 17.4 Å². The molecule has 0 aliphatic carbocycles. The van der Waals surface area contributed by atoms with Crippen LogP contribution in [0.1, 0.15) is 36.8 Å². The second-order valence-corrected chi connectivity index (χ2v) is 6.42. The zero-order chi connectivity index (χ0) is 16.4. The van der Waals surface area contributed by atoms with Gasteiger partial charge in [-0.05, 0) is 30.9 Å². The molecule has 2 heterocycles. The van der Waals surface area contributed by atoms with Gasteiger partial charge in [-0.15, -0.1) is 0 Å². The van der Waals surface area contributed by atoms with E-state index in [1.54, 1.807) is 12.4 Å². The Morgan fingerprint density at radius 2 is 2.09 bits per heavy atom. The van der Waals surface area contributed by atoms with Crippen LogP contribution in [0.2, 0.25) is 0 Å². The number of nitrogens with zero attached hydrogens (tertiary/aromatic N) is 3. The van der Waals surface area contributed by atoms with Crippen molar-refractivity contribution in [3.63, 3.8) is 0 Å². The summed E-state index contributed by atoms with van der Waals surface area (Å²) in [6.07, 6.45) is 4.06. The third-order valence-electron chi connectivity index (χ3n) is 3.99. The Hall–Kier alpha value is -2.43. The van der Waals surface area contributed by atoms with Gasteiger partial charge in [-0.1, -0.05) is 32.0 Å². The average Bonchev–Trinajstić information content (AvgIpc) is 2.88. The monoisotopic (exact) mass is 310 g/mol. The molecule has 1 aromatic heterocycles. The van der Waals surface area contributed by atoms with E-state index in [1.807, 2.05) is 23.1 Å². The van der Waals surface area contributed by atoms with Crippen molar-refractivity contribution in [3.8, 4) is 0 Å². The van der Waals surface area contributed by atoms with Crippen molar-refractivity contribution < 1.29 is 4.79 Å². The molecule has 0 bridgehead atoms. The van der Waals surface area contributed by atoms with Crippen molar-refractivity contribution in [1.82, 2.24) is 9.97 Å². The predicted molar refractivity (Wildman–Crippen MR) is 91.8 cm³/mol. The first-order valence-electron chi connectivity index (χ1n) is 8.03. The van der Waals surface area contributed by atoms with Gasteiger partial charge in [0.25, 0.3) is 5.91 Å². The Morgan fingerprint density at radius 1 is 1.30 bits per heavy atom. The Bertz CT molecular complexity index is 696. The van der Waals surface area contributed by atoms with Crippen LogP contribution >= 0.6 is 0 Å². The van der Waals surface area contributed by atoms with E-state index in [1.165, 1.54) is 5.56 Å². The number of hydrogen-bond acceptors (Lipinski definition) is 4. The number of para-hydroxylation sites is 1. The molecule has 2 aromatic rings. The fraction of sp³-hybridized carbons (Fsp3) is 0.389. The van der Waals surface area contributed by atoms with Crippen LogP contribution in [-0.4, -0.2) is 28.5 Å². The van der Waals surface area contributed by atoms with E-state index in [0.717, 1.165) is 18.7 Å². The SMILES string of the molecule is CC(C)CNc1cnc(C(=O)N2c3ccccc3CC2C)cn1. The van der Waals surface area contributed by atoms with Gasteiger partial charge in [-0.3, -0.25) is 4.79 Å². The molecule has 1 aliphatic heterocycles. The molecule has 1 atom stereocenters. The summed E-state index contributed by atoms with van der Waals surface area (Å²) in [5.41, 5.74) is 2.56. The van der Waals surface area contributed by atoms with E-state index in [2.05, 4.69) is 42.1 Å². The number of rotatable bonds is 4. The number of amides is 1. The first kappa shape index (κ1) is 15.5. The topological polar surface area (TPSA) is 58.1 Å². The minimum atomic E-state index is -0.0923. The highest BCUT2D eigenvalue weighted by atomic mass is 16.2. The van der Waals surface area contributed by atoms with Gasteiger partial charge in [0.15, 0.2) is 0 Å². The summed E-state index contributed by atoms with van der Waals surface area (Å²) in [6.45, 7) is 7.15. The number of nitrogens with one attached hydrogen (secondary N) is 1. The standard InChI is InChI=1S/C18H22N4O/c1-12(2)9-20-17-11-19-15(10-21-17)18(23)22-13(3)8-14-6-4-5-7-16(14)22/h4-7,10-13H,8-9H2,1-3H3,(H,20,21). The molecule has 0 fully saturated rings. The largest absolute Gasteiger partial charge is 0.369 e. The molecule has 1 aliphatic rings. The molecule has 23 heavy (non-hydrogen) atoms. The maximum absolute atomic E-state index is 12.8. The Morgan fingerprint density at radius 3 is 2.78 bits per heavy atom. The summed E-state index contributed by atoms with van der Waals surface area (Å²) in [6, 6.07) is 8.17. The molecule has 0 radical (unpaired) electrons. The smallest absolute Gasteiger partial charge is 0.278 e. The second kappa shape index (κ2) is 6.36. The molecule has 0 saturated carbocycles. The van der Waals surface area contributed by atoms with Crippen LogP contribution in [0.5, 0.6) is 0 Å². The summed E-state index contributed by atoms with van der Waals surface area (Å²) in [5, 5.41) is 3.21. The molecular weight excluding hydrogens is 288 g/mol. The third-order valence-corrected chi connectivity index (χ3v) is 3.99. The fourth-order valence-corrected chi connectivity index (χ4v) is 2.84. The van der Waals surface area contributed by atoms with Crippen LogP contribution in [0.3, 0.4) is 0 Å². The summed E-state index contributed by atoms with van der Waals surface area (Å²) >= 11 is 0. The van der Waals surface area contributed by atoms with Crippen LogP contribution in [0, 0.1) is 5.92 Å². The zero-order valence-corrected chi connectivity index (χ0v) is 13.8. The Labute approximate surface area is 136 Å². The van der Waals surface area contributed by atoms with Crippen molar-refractivity contribution in [2.45, 2.75) is 33.2 Å². The summed E-state index contributed by atoms with van der Waals surface area (Å²) < 4.78 is 0. The highest BCUT2D eigenvalue weighted by Crippen LogP contribution is 2.32. The van der Waals surface area contributed by atoms with Gasteiger partial charge < -0.3 is 10.2 Å². The predicted octanol–water partition coefficient (Wildman–Crippen LogP) is 3.14. The molecule has 0 saturated heterocycles. The lowest BCUT2D eigenvalue weighted by atomic mass is 10.1. The number of anilines is 2. The molecule has 5 nitrogen and oxygen atoms in total. The fourth-order valence-electron chi connectivity index (χ4n) is 2.84. The van der Waals surface area contributed by atoms with Crippen LogP contribution in [0.25, 0.3) is 0 Å². The first-order valence-corrected chi connectivity index (χ1v) is 8.03. The molecule has 1 aromatic carbocycles. The molecule has 1 unspecified atom stereocenters. The maximum Gasteiger partial charge on any atom is 0.278 e. The van der Waals surface area contributed by atoms with Crippen molar-refractivity contribution in [3.05, 3.63) is 47.9 Å². The van der Waals surface area contributed by atoms with E-state index >= 15 is 0 Å². The zero-order valence-electron chi connectivity index (χ0n) is 13.8. The number of carbonyl (C=O) groups is 1. The summed E-state index contributed by atoms with van der Waals surface area (Å²) in [4.78, 5) is 23.2. The van der Waals surface area contributed by atoms with Crippen molar-refractivity contribution in [2.24, 2.45) is 5.92 Å². The van der Waals surface area contributed by atoms with Crippen LogP contribution in [0.15, 0.2) is 36.7 Å². The van der Waals surface area contributed by atoms with Gasteiger partial charge in [-0.2, -0.15) is 0 Å². The van der Waals surface area contributed by atoms with Gasteiger partial charge in [0.05, 0.1) is 12.4 Å². The van der Waals surface area contributed by atoms with Gasteiger partial charge in [0.1, 0.15) is 11.5 Å². The molecule has 1 N–H and O–H groups in total. The average molecular weight is 310 g/mol. The van der Waals surface area contributed by atoms with Gasteiger partial charge in [0, 0.05) is 18.3 Å². The highest BCUT2D eigenvalue weighted by Gasteiger charge is 2.31. The molecule has 0 spiro atoms. The quantitative estimate of drug-likeness (QED) is 0.942. The van der Waals surface area contributed by atoms with Gasteiger partial charge in [0.2, 0.25) is 0 Å². The number of hydrogen-bond donors (Lipinski definition) is 1. The van der Waals surface area contributed by atoms with Gasteiger partial charge in [-0.25, -0.2) is 9.97 Å². The first-order chi connectivity index (χ1) is 11.1. The maximum atomic E-state index is 12.8. The van der Waals surface area contributed by atoms with E-state index in [9.17, 15) is 4.79 Å². The van der Waals surface area contributed by atoms with Crippen LogP contribution in [0.4, 0.5) is 11.5 Å². The minimum absolute atomic E-state index is 0.0923. The van der Waals surface area contributed by atoms with Gasteiger partial charge >= 0.3 is 0 Å². The van der Waals surface area contributed by atoms with E-state index in [-0.39, 0.29) is 11.9 Å². The number of carbonyl (C=O) groups excluding carboxylic acids is 1. The molecule has 3 rings (SSSR count). The van der Waals surface area contributed by atoms with Crippen LogP contribution < -0.4 is 10.2 Å². The highest BCUT2D eigenvalue weighted by molar-refractivity contribution is 6.06. The Kier molecular flexibility index (Phi) is 4.28. The van der Waals surface area contributed by atoms with Crippen molar-refractivity contribution in [1.29, 1.82) is 0 Å². The second-order valence-electron chi connectivity index (χ2n) is 6.42.